The van der Waals surface area contributed by atoms with Gasteiger partial charge in [0.25, 0.3) is 0 Å². The molecule has 2 aromatic rings. The van der Waals surface area contributed by atoms with Crippen LogP contribution in [-0.4, -0.2) is 22.7 Å². The molecule has 24 heavy (non-hydrogen) atoms. The van der Waals surface area contributed by atoms with E-state index in [1.165, 1.54) is 24.6 Å². The molecule has 3 rings (SSSR count). The number of benzene rings is 1. The number of nitrogens with one attached hydrogen (secondary N) is 1. The zero-order valence-electron chi connectivity index (χ0n) is 13.4. The molecule has 1 aromatic heterocycles. The van der Waals surface area contributed by atoms with E-state index in [0.29, 0.717) is 16.6 Å². The molecule has 1 saturated carbocycles. The molecule has 1 fully saturated rings. The Kier molecular flexibility index (Phi) is 5.50. The lowest BCUT2D eigenvalue weighted by Crippen LogP contribution is -2.33. The number of hydrogen-bond donors (Lipinski definition) is 1. The second kappa shape index (κ2) is 7.98. The minimum atomic E-state index is 0.0164. The van der Waals surface area contributed by atoms with Gasteiger partial charge in [0.15, 0.2) is 0 Å². The Balaban J connectivity index is 1.69. The van der Waals surface area contributed by atoms with Crippen LogP contribution in [0.15, 0.2) is 47.5 Å². The van der Waals surface area contributed by atoms with Crippen LogP contribution in [0.4, 0.5) is 0 Å². The largest absolute Gasteiger partial charge is 0.353 e. The predicted octanol–water partition coefficient (Wildman–Crippen LogP) is 3.77. The average molecular weight is 337 g/mol. The Labute approximate surface area is 146 Å². The van der Waals surface area contributed by atoms with Gasteiger partial charge in [-0.25, -0.2) is 4.98 Å². The number of nitrogens with zero attached hydrogens (tertiary/aromatic N) is 2. The molecule has 0 bridgehead atoms. The summed E-state index contributed by atoms with van der Waals surface area (Å²) in [4.78, 5) is 16.7. The van der Waals surface area contributed by atoms with Crippen molar-refractivity contribution in [2.45, 2.75) is 36.8 Å². The summed E-state index contributed by atoms with van der Waals surface area (Å²) in [6, 6.07) is 15.9. The lowest BCUT2D eigenvalue weighted by molar-refractivity contribution is -0.119. The Hall–Kier alpha value is -2.32. The zero-order valence-corrected chi connectivity index (χ0v) is 14.2. The van der Waals surface area contributed by atoms with Crippen molar-refractivity contribution in [2.75, 3.05) is 5.75 Å². The maximum absolute atomic E-state index is 12.1. The van der Waals surface area contributed by atoms with E-state index >= 15 is 0 Å². The summed E-state index contributed by atoms with van der Waals surface area (Å²) in [5.41, 5.74) is 2.32. The van der Waals surface area contributed by atoms with Gasteiger partial charge in [-0.2, -0.15) is 5.26 Å². The number of aromatic nitrogens is 1. The third-order valence-electron chi connectivity index (χ3n) is 4.11. The summed E-state index contributed by atoms with van der Waals surface area (Å²) in [5, 5.41) is 12.9. The number of nitriles is 1. The number of pyridine rings is 1. The van der Waals surface area contributed by atoms with Gasteiger partial charge in [-0.3, -0.25) is 4.79 Å². The van der Waals surface area contributed by atoms with E-state index in [-0.39, 0.29) is 11.7 Å². The van der Waals surface area contributed by atoms with E-state index in [2.05, 4.69) is 16.4 Å². The highest BCUT2D eigenvalue weighted by Gasteiger charge is 2.17. The summed E-state index contributed by atoms with van der Waals surface area (Å²) >= 11 is 1.33. The van der Waals surface area contributed by atoms with Gasteiger partial charge in [0.05, 0.1) is 17.0 Å². The van der Waals surface area contributed by atoms with Crippen molar-refractivity contribution < 1.29 is 4.79 Å². The quantitative estimate of drug-likeness (QED) is 0.844. The van der Waals surface area contributed by atoms with E-state index in [0.717, 1.165) is 24.1 Å². The first-order valence-corrected chi connectivity index (χ1v) is 9.13. The Morgan fingerprint density at radius 1 is 1.21 bits per heavy atom. The topological polar surface area (TPSA) is 65.8 Å². The Morgan fingerprint density at radius 2 is 1.96 bits per heavy atom. The molecule has 1 heterocycles. The monoisotopic (exact) mass is 337 g/mol. The van der Waals surface area contributed by atoms with Crippen LogP contribution < -0.4 is 5.32 Å². The molecule has 0 aliphatic heterocycles. The first kappa shape index (κ1) is 16.5. The fraction of sp³-hybridized carbons (Fsp3) is 0.316. The molecule has 1 aliphatic rings. The van der Waals surface area contributed by atoms with E-state index in [1.54, 1.807) is 6.07 Å². The fourth-order valence-electron chi connectivity index (χ4n) is 2.88. The van der Waals surface area contributed by atoms with Crippen molar-refractivity contribution in [2.24, 2.45) is 0 Å². The van der Waals surface area contributed by atoms with Gasteiger partial charge in [-0.15, -0.1) is 0 Å². The number of thioether (sulfide) groups is 1. The minimum absolute atomic E-state index is 0.0164. The van der Waals surface area contributed by atoms with Crippen LogP contribution in [0.5, 0.6) is 0 Å². The Morgan fingerprint density at radius 3 is 2.67 bits per heavy atom. The van der Waals surface area contributed by atoms with Crippen LogP contribution in [0.25, 0.3) is 11.3 Å². The van der Waals surface area contributed by atoms with Crippen LogP contribution in [-0.2, 0) is 4.79 Å². The highest BCUT2D eigenvalue weighted by atomic mass is 32.2. The van der Waals surface area contributed by atoms with Gasteiger partial charge in [0, 0.05) is 11.6 Å². The molecule has 0 atom stereocenters. The number of carbonyl (C=O) groups excluding carboxylic acids is 1. The van der Waals surface area contributed by atoms with Crippen LogP contribution in [0, 0.1) is 11.3 Å². The van der Waals surface area contributed by atoms with E-state index in [9.17, 15) is 10.1 Å². The summed E-state index contributed by atoms with van der Waals surface area (Å²) in [6.45, 7) is 0. The first-order chi connectivity index (χ1) is 11.8. The summed E-state index contributed by atoms with van der Waals surface area (Å²) < 4.78 is 0. The van der Waals surface area contributed by atoms with Crippen LogP contribution in [0.1, 0.15) is 31.2 Å². The first-order valence-electron chi connectivity index (χ1n) is 8.15. The molecule has 0 saturated heterocycles. The highest BCUT2D eigenvalue weighted by Crippen LogP contribution is 2.25. The van der Waals surface area contributed by atoms with Gasteiger partial charge in [-0.05, 0) is 25.0 Å². The number of amides is 1. The van der Waals surface area contributed by atoms with Gasteiger partial charge in [0.2, 0.25) is 5.91 Å². The molecule has 4 nitrogen and oxygen atoms in total. The number of carbonyl (C=O) groups is 1. The summed E-state index contributed by atoms with van der Waals surface area (Å²) in [7, 11) is 0. The maximum atomic E-state index is 12.1. The van der Waals surface area contributed by atoms with Gasteiger partial charge in [-0.1, -0.05) is 54.9 Å². The predicted molar refractivity (Wildman–Crippen MR) is 95.5 cm³/mol. The van der Waals surface area contributed by atoms with E-state index in [1.807, 2.05) is 36.4 Å². The maximum Gasteiger partial charge on any atom is 0.230 e. The molecule has 1 aromatic carbocycles. The third kappa shape index (κ3) is 4.15. The average Bonchev–Trinajstić information content (AvgIpc) is 3.13. The molecular formula is C19H19N3OS. The lowest BCUT2D eigenvalue weighted by atomic mass is 10.1. The van der Waals surface area contributed by atoms with Crippen molar-refractivity contribution >= 4 is 17.7 Å². The fourth-order valence-corrected chi connectivity index (χ4v) is 3.66. The van der Waals surface area contributed by atoms with E-state index in [4.69, 9.17) is 0 Å². The van der Waals surface area contributed by atoms with Crippen LogP contribution in [0.2, 0.25) is 0 Å². The van der Waals surface area contributed by atoms with Gasteiger partial charge < -0.3 is 5.32 Å². The second-order valence-electron chi connectivity index (χ2n) is 5.86. The molecule has 1 amide bonds. The second-order valence-corrected chi connectivity index (χ2v) is 6.83. The molecule has 0 spiro atoms. The zero-order chi connectivity index (χ0) is 16.8. The van der Waals surface area contributed by atoms with Crippen molar-refractivity contribution in [3.8, 4) is 17.3 Å². The van der Waals surface area contributed by atoms with E-state index < -0.39 is 0 Å². The summed E-state index contributed by atoms with van der Waals surface area (Å²) in [5.74, 6) is 0.305. The minimum Gasteiger partial charge on any atom is -0.353 e. The molecule has 1 aliphatic carbocycles. The van der Waals surface area contributed by atoms with Crippen LogP contribution >= 0.6 is 11.8 Å². The molecule has 0 unspecified atom stereocenters. The molecule has 1 N–H and O–H groups in total. The SMILES string of the molecule is N#Cc1ccc(-c2ccccc2)nc1SCC(=O)NC1CCCC1. The lowest BCUT2D eigenvalue weighted by Gasteiger charge is -2.12. The molecule has 122 valence electrons. The third-order valence-corrected chi connectivity index (χ3v) is 5.10. The Bertz CT molecular complexity index is 749. The number of hydrogen-bond acceptors (Lipinski definition) is 4. The smallest absolute Gasteiger partial charge is 0.230 e. The molecule has 0 radical (unpaired) electrons. The summed E-state index contributed by atoms with van der Waals surface area (Å²) in [6.07, 6.45) is 4.53. The molecular weight excluding hydrogens is 318 g/mol. The number of rotatable bonds is 5. The normalized spacial score (nSPS) is 14.3. The van der Waals surface area contributed by atoms with Crippen molar-refractivity contribution in [1.29, 1.82) is 5.26 Å². The highest BCUT2D eigenvalue weighted by molar-refractivity contribution is 8.00. The van der Waals surface area contributed by atoms with Crippen LogP contribution in [0.3, 0.4) is 0 Å². The van der Waals surface area contributed by atoms with Crippen molar-refractivity contribution in [3.05, 3.63) is 48.0 Å². The van der Waals surface area contributed by atoms with Gasteiger partial charge in [0.1, 0.15) is 11.1 Å². The standard InChI is InChI=1S/C19H19N3OS/c20-12-15-10-11-17(14-6-2-1-3-7-14)22-19(15)24-13-18(23)21-16-8-4-5-9-16/h1-3,6-7,10-11,16H,4-5,8-9,13H2,(H,21,23). The molecule has 5 heteroatoms. The van der Waals surface area contributed by atoms with Gasteiger partial charge >= 0.3 is 0 Å². The van der Waals surface area contributed by atoms with Crippen molar-refractivity contribution in [3.63, 3.8) is 0 Å². The van der Waals surface area contributed by atoms with Crippen molar-refractivity contribution in [1.82, 2.24) is 10.3 Å².